The first kappa shape index (κ1) is 27.8. The van der Waals surface area contributed by atoms with Gasteiger partial charge >= 0.3 is 11.9 Å². The van der Waals surface area contributed by atoms with Gasteiger partial charge in [0.15, 0.2) is 0 Å². The molecule has 4 aliphatic rings. The Morgan fingerprint density at radius 1 is 0.667 bits per heavy atom. The van der Waals surface area contributed by atoms with E-state index in [1.165, 1.54) is 0 Å². The van der Waals surface area contributed by atoms with Crippen LogP contribution in [-0.4, -0.2) is 76.0 Å². The van der Waals surface area contributed by atoms with Crippen molar-refractivity contribution in [2.75, 3.05) is 39.6 Å². The maximum atomic E-state index is 12.2. The Morgan fingerprint density at radius 2 is 1.08 bits per heavy atom. The number of hydrogen-bond donors (Lipinski definition) is 0. The van der Waals surface area contributed by atoms with E-state index in [9.17, 15) is 9.59 Å². The molecule has 0 aromatic carbocycles. The molecule has 206 valence electrons. The van der Waals surface area contributed by atoms with Crippen molar-refractivity contribution in [2.24, 2.45) is 23.7 Å². The Morgan fingerprint density at radius 3 is 1.47 bits per heavy atom. The highest BCUT2D eigenvalue weighted by Crippen LogP contribution is 2.33. The van der Waals surface area contributed by atoms with Crippen LogP contribution in [-0.2, 0) is 38.0 Å². The first-order valence-electron chi connectivity index (χ1n) is 14.2. The van der Waals surface area contributed by atoms with Crippen LogP contribution in [0.2, 0.25) is 0 Å². The summed E-state index contributed by atoms with van der Waals surface area (Å²) in [6, 6.07) is 0. The van der Waals surface area contributed by atoms with E-state index in [0.717, 1.165) is 51.7 Å². The average molecular weight is 511 g/mol. The zero-order chi connectivity index (χ0) is 25.3. The van der Waals surface area contributed by atoms with E-state index >= 15 is 0 Å². The molecule has 8 nitrogen and oxygen atoms in total. The van der Waals surface area contributed by atoms with Crippen LogP contribution in [0, 0.1) is 23.7 Å². The normalized spacial score (nSPS) is 35.7. The van der Waals surface area contributed by atoms with E-state index in [4.69, 9.17) is 28.4 Å². The van der Waals surface area contributed by atoms with Gasteiger partial charge < -0.3 is 28.4 Å². The summed E-state index contributed by atoms with van der Waals surface area (Å²) in [5, 5.41) is 0. The van der Waals surface area contributed by atoms with Crippen molar-refractivity contribution < 1.29 is 38.0 Å². The number of esters is 2. The standard InChI is InChI=1S/C28H46O8/c1-19-7-9-23(31-15-25-17-33-25)11-21(19)13-35-27(29)5-3-4-6-28(30)36-14-22-12-24(10-8-20(22)2)32-16-26-18-34-26/h19-26H,3-18H2,1-2H3. The van der Waals surface area contributed by atoms with Crippen molar-refractivity contribution >= 4 is 11.9 Å². The molecule has 0 bridgehead atoms. The SMILES string of the molecule is CC1CCC(OCC2CO2)CC1COC(=O)CCCCC(=O)OCC1CC(OCC2CO2)CCC1C. The van der Waals surface area contributed by atoms with E-state index in [0.29, 0.717) is 75.8 Å². The molecule has 0 radical (unpaired) electrons. The summed E-state index contributed by atoms with van der Waals surface area (Å²) in [6.07, 6.45) is 9.24. The van der Waals surface area contributed by atoms with Crippen molar-refractivity contribution in [3.05, 3.63) is 0 Å². The number of carbonyl (C=O) groups excluding carboxylic acids is 2. The lowest BCUT2D eigenvalue weighted by Gasteiger charge is -2.33. The minimum Gasteiger partial charge on any atom is -0.465 e. The summed E-state index contributed by atoms with van der Waals surface area (Å²) in [5.41, 5.74) is 0. The van der Waals surface area contributed by atoms with Gasteiger partial charge in [-0.25, -0.2) is 0 Å². The fraction of sp³-hybridized carbons (Fsp3) is 0.929. The van der Waals surface area contributed by atoms with Gasteiger partial charge in [0.2, 0.25) is 0 Å². The second-order valence-electron chi connectivity index (χ2n) is 11.5. The van der Waals surface area contributed by atoms with Crippen molar-refractivity contribution in [1.82, 2.24) is 0 Å². The summed E-state index contributed by atoms with van der Waals surface area (Å²) < 4.78 is 33.5. The molecule has 0 aromatic rings. The first-order valence-corrected chi connectivity index (χ1v) is 14.2. The van der Waals surface area contributed by atoms with E-state index in [2.05, 4.69) is 13.8 Å². The number of epoxide rings is 2. The van der Waals surface area contributed by atoms with Crippen LogP contribution in [0.25, 0.3) is 0 Å². The molecule has 8 atom stereocenters. The fourth-order valence-corrected chi connectivity index (χ4v) is 5.41. The van der Waals surface area contributed by atoms with Gasteiger partial charge in [0.1, 0.15) is 12.2 Å². The lowest BCUT2D eigenvalue weighted by Crippen LogP contribution is -2.32. The molecule has 0 aromatic heterocycles. The molecule has 2 aliphatic heterocycles. The zero-order valence-electron chi connectivity index (χ0n) is 22.2. The molecule has 36 heavy (non-hydrogen) atoms. The Hall–Kier alpha value is -1.22. The molecular weight excluding hydrogens is 464 g/mol. The molecule has 2 saturated carbocycles. The summed E-state index contributed by atoms with van der Waals surface area (Å²) in [6.45, 7) is 8.36. The first-order chi connectivity index (χ1) is 17.5. The van der Waals surface area contributed by atoms with Gasteiger partial charge in [-0.1, -0.05) is 13.8 Å². The van der Waals surface area contributed by atoms with Gasteiger partial charge in [-0.15, -0.1) is 0 Å². The van der Waals surface area contributed by atoms with Crippen LogP contribution < -0.4 is 0 Å². The van der Waals surface area contributed by atoms with Crippen molar-refractivity contribution in [2.45, 2.75) is 102 Å². The predicted octanol–water partition coefficient (Wildman–Crippen LogP) is 4.07. The lowest BCUT2D eigenvalue weighted by molar-refractivity contribution is -0.149. The number of unbranched alkanes of at least 4 members (excludes halogenated alkanes) is 1. The second kappa shape index (κ2) is 14.1. The minimum absolute atomic E-state index is 0.177. The van der Waals surface area contributed by atoms with Crippen LogP contribution in [0.1, 0.15) is 78.1 Å². The molecule has 0 N–H and O–H groups in total. The van der Waals surface area contributed by atoms with Gasteiger partial charge in [0.05, 0.1) is 51.8 Å². The molecular formula is C28H46O8. The van der Waals surface area contributed by atoms with Crippen LogP contribution in [0.4, 0.5) is 0 Å². The highest BCUT2D eigenvalue weighted by molar-refractivity contribution is 5.70. The van der Waals surface area contributed by atoms with Gasteiger partial charge in [-0.3, -0.25) is 9.59 Å². The Balaban J connectivity index is 1.02. The van der Waals surface area contributed by atoms with E-state index < -0.39 is 0 Å². The summed E-state index contributed by atoms with van der Waals surface area (Å²) in [5.74, 6) is 1.40. The molecule has 0 spiro atoms. The summed E-state index contributed by atoms with van der Waals surface area (Å²) >= 11 is 0. The van der Waals surface area contributed by atoms with Crippen LogP contribution in [0.15, 0.2) is 0 Å². The molecule has 2 aliphatic carbocycles. The topological polar surface area (TPSA) is 96.1 Å². The van der Waals surface area contributed by atoms with Crippen molar-refractivity contribution in [3.63, 3.8) is 0 Å². The molecule has 0 amide bonds. The van der Waals surface area contributed by atoms with Crippen LogP contribution in [0.5, 0.6) is 0 Å². The molecule has 4 rings (SSSR count). The monoisotopic (exact) mass is 510 g/mol. The quantitative estimate of drug-likeness (QED) is 0.185. The largest absolute Gasteiger partial charge is 0.465 e. The fourth-order valence-electron chi connectivity index (χ4n) is 5.41. The second-order valence-corrected chi connectivity index (χ2v) is 11.5. The summed E-state index contributed by atoms with van der Waals surface area (Å²) in [4.78, 5) is 24.5. The van der Waals surface area contributed by atoms with Gasteiger partial charge in [0, 0.05) is 12.8 Å². The molecule has 4 fully saturated rings. The highest BCUT2D eigenvalue weighted by Gasteiger charge is 2.32. The zero-order valence-corrected chi connectivity index (χ0v) is 22.2. The van der Waals surface area contributed by atoms with Gasteiger partial charge in [-0.2, -0.15) is 0 Å². The minimum atomic E-state index is -0.177. The van der Waals surface area contributed by atoms with E-state index in [1.54, 1.807) is 0 Å². The molecule has 2 heterocycles. The lowest BCUT2D eigenvalue weighted by atomic mass is 9.79. The van der Waals surface area contributed by atoms with Gasteiger partial charge in [0.25, 0.3) is 0 Å². The van der Waals surface area contributed by atoms with Gasteiger partial charge in [-0.05, 0) is 75.0 Å². The Kier molecular flexibility index (Phi) is 10.9. The summed E-state index contributed by atoms with van der Waals surface area (Å²) in [7, 11) is 0. The van der Waals surface area contributed by atoms with Crippen LogP contribution >= 0.6 is 0 Å². The molecule has 2 saturated heterocycles. The third-order valence-corrected chi connectivity index (χ3v) is 8.40. The maximum absolute atomic E-state index is 12.2. The number of carbonyl (C=O) groups is 2. The van der Waals surface area contributed by atoms with E-state index in [1.807, 2.05) is 0 Å². The predicted molar refractivity (Wildman–Crippen MR) is 132 cm³/mol. The average Bonchev–Trinajstić information content (AvgIpc) is 3.79. The van der Waals surface area contributed by atoms with Crippen molar-refractivity contribution in [3.8, 4) is 0 Å². The third kappa shape index (κ3) is 9.92. The number of ether oxygens (including phenoxy) is 6. The van der Waals surface area contributed by atoms with Crippen molar-refractivity contribution in [1.29, 1.82) is 0 Å². The smallest absolute Gasteiger partial charge is 0.305 e. The maximum Gasteiger partial charge on any atom is 0.305 e. The Bertz CT molecular complexity index is 633. The van der Waals surface area contributed by atoms with Crippen LogP contribution in [0.3, 0.4) is 0 Å². The number of rotatable bonds is 15. The van der Waals surface area contributed by atoms with E-state index in [-0.39, 0.29) is 36.4 Å². The molecule has 8 heteroatoms. The highest BCUT2D eigenvalue weighted by atomic mass is 16.6. The Labute approximate surface area is 216 Å². The third-order valence-electron chi connectivity index (χ3n) is 8.40. The number of hydrogen-bond acceptors (Lipinski definition) is 8. The molecule has 8 unspecified atom stereocenters.